The van der Waals surface area contributed by atoms with Gasteiger partial charge < -0.3 is 5.32 Å². The molecule has 1 nitrogen and oxygen atoms in total. The smallest absolute Gasteiger partial charge is 0.00668 e. The summed E-state index contributed by atoms with van der Waals surface area (Å²) in [4.78, 5) is 0. The minimum absolute atomic E-state index is 0.614. The van der Waals surface area contributed by atoms with Crippen LogP contribution in [0.5, 0.6) is 0 Å². The Kier molecular flexibility index (Phi) is 3.78. The summed E-state index contributed by atoms with van der Waals surface area (Å²) in [7, 11) is 0. The highest BCUT2D eigenvalue weighted by molar-refractivity contribution is 4.82. The van der Waals surface area contributed by atoms with Crippen molar-refractivity contribution in [2.24, 2.45) is 11.3 Å². The van der Waals surface area contributed by atoms with Crippen molar-refractivity contribution in [2.45, 2.75) is 59.4 Å². The molecule has 0 saturated heterocycles. The molecule has 1 N–H and O–H groups in total. The van der Waals surface area contributed by atoms with E-state index < -0.39 is 0 Å². The van der Waals surface area contributed by atoms with Crippen LogP contribution in [0.3, 0.4) is 0 Å². The predicted molar refractivity (Wildman–Crippen MR) is 58.9 cm³/mol. The van der Waals surface area contributed by atoms with E-state index in [9.17, 15) is 0 Å². The third-order valence-corrected chi connectivity index (χ3v) is 3.62. The van der Waals surface area contributed by atoms with Crippen molar-refractivity contribution in [3.05, 3.63) is 0 Å². The standard InChI is InChI=1S/C12H25N/c1-5-13-10(2)11-6-8-12(3,4)9-7-11/h10-11,13H,5-9H2,1-4H3. The number of rotatable bonds is 3. The molecular formula is C12H25N. The zero-order valence-electron chi connectivity index (χ0n) is 9.69. The Hall–Kier alpha value is -0.0400. The van der Waals surface area contributed by atoms with E-state index in [0.717, 1.165) is 18.5 Å². The van der Waals surface area contributed by atoms with Crippen LogP contribution < -0.4 is 5.32 Å². The van der Waals surface area contributed by atoms with Gasteiger partial charge in [-0.05, 0) is 50.5 Å². The zero-order chi connectivity index (χ0) is 9.90. The minimum Gasteiger partial charge on any atom is -0.314 e. The molecule has 0 aromatic heterocycles. The van der Waals surface area contributed by atoms with E-state index in [1.165, 1.54) is 25.7 Å². The Morgan fingerprint density at radius 2 is 1.85 bits per heavy atom. The van der Waals surface area contributed by atoms with Crippen molar-refractivity contribution in [3.63, 3.8) is 0 Å². The van der Waals surface area contributed by atoms with Crippen LogP contribution in [0.2, 0.25) is 0 Å². The van der Waals surface area contributed by atoms with Crippen LogP contribution in [0.25, 0.3) is 0 Å². The lowest BCUT2D eigenvalue weighted by Crippen LogP contribution is -2.36. The molecule has 0 aromatic carbocycles. The Labute approximate surface area is 83.3 Å². The van der Waals surface area contributed by atoms with Gasteiger partial charge in [0, 0.05) is 6.04 Å². The molecule has 1 fully saturated rings. The molecule has 78 valence electrons. The van der Waals surface area contributed by atoms with Crippen molar-refractivity contribution >= 4 is 0 Å². The maximum Gasteiger partial charge on any atom is 0.00668 e. The van der Waals surface area contributed by atoms with Gasteiger partial charge in [0.2, 0.25) is 0 Å². The molecule has 1 heteroatoms. The first-order valence-corrected chi connectivity index (χ1v) is 5.78. The highest BCUT2D eigenvalue weighted by Gasteiger charge is 2.28. The number of hydrogen-bond donors (Lipinski definition) is 1. The molecule has 0 heterocycles. The summed E-state index contributed by atoms with van der Waals surface area (Å²) in [6, 6.07) is 0.723. The first kappa shape index (κ1) is 11.0. The van der Waals surface area contributed by atoms with E-state index in [4.69, 9.17) is 0 Å². The van der Waals surface area contributed by atoms with Gasteiger partial charge in [0.1, 0.15) is 0 Å². The van der Waals surface area contributed by atoms with Gasteiger partial charge >= 0.3 is 0 Å². The second kappa shape index (κ2) is 4.45. The topological polar surface area (TPSA) is 12.0 Å². The van der Waals surface area contributed by atoms with Gasteiger partial charge in [-0.3, -0.25) is 0 Å². The van der Waals surface area contributed by atoms with E-state index >= 15 is 0 Å². The van der Waals surface area contributed by atoms with Crippen LogP contribution in [-0.2, 0) is 0 Å². The van der Waals surface area contributed by atoms with Gasteiger partial charge in [0.15, 0.2) is 0 Å². The fraction of sp³-hybridized carbons (Fsp3) is 1.00. The lowest BCUT2D eigenvalue weighted by Gasteiger charge is -2.37. The molecule has 0 bridgehead atoms. The highest BCUT2D eigenvalue weighted by Crippen LogP contribution is 2.38. The van der Waals surface area contributed by atoms with Crippen LogP contribution in [0.15, 0.2) is 0 Å². The van der Waals surface area contributed by atoms with Crippen LogP contribution >= 0.6 is 0 Å². The highest BCUT2D eigenvalue weighted by atomic mass is 14.9. The molecular weight excluding hydrogens is 158 g/mol. The fourth-order valence-electron chi connectivity index (χ4n) is 2.41. The number of nitrogens with one attached hydrogen (secondary N) is 1. The summed E-state index contributed by atoms with van der Waals surface area (Å²) in [6.07, 6.45) is 5.66. The summed E-state index contributed by atoms with van der Waals surface area (Å²) in [5, 5.41) is 3.54. The molecule has 0 aliphatic heterocycles. The summed E-state index contributed by atoms with van der Waals surface area (Å²) >= 11 is 0. The average molecular weight is 183 g/mol. The average Bonchev–Trinajstić information content (AvgIpc) is 2.04. The first-order chi connectivity index (χ1) is 6.05. The fourth-order valence-corrected chi connectivity index (χ4v) is 2.41. The second-order valence-electron chi connectivity index (χ2n) is 5.35. The van der Waals surface area contributed by atoms with Gasteiger partial charge in [-0.15, -0.1) is 0 Å². The molecule has 1 atom stereocenters. The summed E-state index contributed by atoms with van der Waals surface area (Å²) in [5.74, 6) is 0.924. The molecule has 1 aliphatic carbocycles. The monoisotopic (exact) mass is 183 g/mol. The Morgan fingerprint density at radius 1 is 1.31 bits per heavy atom. The normalized spacial score (nSPS) is 25.8. The Morgan fingerprint density at radius 3 is 2.31 bits per heavy atom. The van der Waals surface area contributed by atoms with Crippen LogP contribution in [0.1, 0.15) is 53.4 Å². The van der Waals surface area contributed by atoms with Crippen molar-refractivity contribution in [1.29, 1.82) is 0 Å². The first-order valence-electron chi connectivity index (χ1n) is 5.78. The van der Waals surface area contributed by atoms with E-state index in [1.54, 1.807) is 0 Å². The number of hydrogen-bond acceptors (Lipinski definition) is 1. The van der Waals surface area contributed by atoms with Crippen LogP contribution in [0.4, 0.5) is 0 Å². The van der Waals surface area contributed by atoms with Gasteiger partial charge in [0.25, 0.3) is 0 Å². The second-order valence-corrected chi connectivity index (χ2v) is 5.35. The minimum atomic E-state index is 0.614. The lowest BCUT2D eigenvalue weighted by molar-refractivity contribution is 0.167. The van der Waals surface area contributed by atoms with Gasteiger partial charge in [-0.25, -0.2) is 0 Å². The van der Waals surface area contributed by atoms with E-state index in [1.807, 2.05) is 0 Å². The van der Waals surface area contributed by atoms with Gasteiger partial charge in [-0.2, -0.15) is 0 Å². The van der Waals surface area contributed by atoms with Crippen molar-refractivity contribution in [1.82, 2.24) is 5.32 Å². The molecule has 1 rings (SSSR count). The molecule has 0 spiro atoms. The quantitative estimate of drug-likeness (QED) is 0.708. The molecule has 13 heavy (non-hydrogen) atoms. The van der Waals surface area contributed by atoms with Crippen LogP contribution in [-0.4, -0.2) is 12.6 Å². The van der Waals surface area contributed by atoms with Gasteiger partial charge in [0.05, 0.1) is 0 Å². The maximum absolute atomic E-state index is 3.54. The lowest BCUT2D eigenvalue weighted by atomic mass is 9.71. The molecule has 0 aromatic rings. The van der Waals surface area contributed by atoms with E-state index in [2.05, 4.69) is 33.0 Å². The van der Waals surface area contributed by atoms with Crippen molar-refractivity contribution < 1.29 is 0 Å². The van der Waals surface area contributed by atoms with E-state index in [0.29, 0.717) is 5.41 Å². The van der Waals surface area contributed by atoms with Gasteiger partial charge in [-0.1, -0.05) is 20.8 Å². The van der Waals surface area contributed by atoms with Crippen molar-refractivity contribution in [3.8, 4) is 0 Å². The molecule has 1 saturated carbocycles. The van der Waals surface area contributed by atoms with Crippen LogP contribution in [0, 0.1) is 11.3 Å². The molecule has 1 unspecified atom stereocenters. The molecule has 0 amide bonds. The Bertz CT molecular complexity index is 141. The zero-order valence-corrected chi connectivity index (χ0v) is 9.69. The third kappa shape index (κ3) is 3.30. The molecule has 1 aliphatic rings. The van der Waals surface area contributed by atoms with E-state index in [-0.39, 0.29) is 0 Å². The summed E-state index contributed by atoms with van der Waals surface area (Å²) < 4.78 is 0. The molecule has 0 radical (unpaired) electrons. The predicted octanol–water partition coefficient (Wildman–Crippen LogP) is 3.20. The largest absolute Gasteiger partial charge is 0.314 e. The summed E-state index contributed by atoms with van der Waals surface area (Å²) in [6.45, 7) is 10.5. The SMILES string of the molecule is CCNC(C)C1CCC(C)(C)CC1. The third-order valence-electron chi connectivity index (χ3n) is 3.62. The Balaban J connectivity index is 2.32. The summed E-state index contributed by atoms with van der Waals surface area (Å²) in [5.41, 5.74) is 0.614. The maximum atomic E-state index is 3.54. The van der Waals surface area contributed by atoms with Crippen molar-refractivity contribution in [2.75, 3.05) is 6.54 Å².